The number of rotatable bonds is 7. The van der Waals surface area contributed by atoms with Gasteiger partial charge in [-0.2, -0.15) is 19.1 Å². The molecule has 1 heterocycles. The van der Waals surface area contributed by atoms with Gasteiger partial charge in [-0.3, -0.25) is 4.79 Å². The van der Waals surface area contributed by atoms with Gasteiger partial charge in [0.1, 0.15) is 22.9 Å². The normalized spacial score (nSPS) is 10.3. The molecular weight excluding hydrogens is 398 g/mol. The summed E-state index contributed by atoms with van der Waals surface area (Å²) in [6.07, 6.45) is 1.28. The highest BCUT2D eigenvalue weighted by atomic mass is 19.3. The molecule has 0 bridgehead atoms. The van der Waals surface area contributed by atoms with Gasteiger partial charge in [0, 0.05) is 0 Å². The van der Waals surface area contributed by atoms with Crippen molar-refractivity contribution in [2.45, 2.75) is 6.61 Å². The molecule has 30 heavy (non-hydrogen) atoms. The second-order valence-electron chi connectivity index (χ2n) is 5.76. The van der Waals surface area contributed by atoms with Crippen molar-refractivity contribution in [2.24, 2.45) is 0 Å². The lowest BCUT2D eigenvalue weighted by Crippen LogP contribution is -2.23. The molecule has 0 spiro atoms. The van der Waals surface area contributed by atoms with Crippen LogP contribution in [0.15, 0.2) is 60.8 Å². The maximum Gasteiger partial charge on any atom is 0.387 e. The molecule has 152 valence electrons. The number of anilines is 1. The number of para-hydroxylation sites is 2. The minimum absolute atomic E-state index is 0.103. The molecule has 0 aliphatic rings. The van der Waals surface area contributed by atoms with E-state index < -0.39 is 25.1 Å². The molecule has 8 nitrogen and oxygen atoms in total. The molecule has 2 aromatic carbocycles. The minimum atomic E-state index is -3.12. The summed E-state index contributed by atoms with van der Waals surface area (Å²) in [5, 5.41) is 15.8. The number of aromatic nitrogens is 2. The number of nitrogens with one attached hydrogen (secondary N) is 1. The van der Waals surface area contributed by atoms with Crippen molar-refractivity contribution in [1.82, 2.24) is 9.78 Å². The summed E-state index contributed by atoms with van der Waals surface area (Å²) in [6.45, 7) is -3.84. The maximum atomic E-state index is 12.5. The second-order valence-corrected chi connectivity index (χ2v) is 5.76. The van der Waals surface area contributed by atoms with Gasteiger partial charge in [0.25, 0.3) is 5.91 Å². The number of alkyl halides is 2. The fourth-order valence-corrected chi connectivity index (χ4v) is 2.53. The van der Waals surface area contributed by atoms with Crippen molar-refractivity contribution in [1.29, 1.82) is 5.26 Å². The van der Waals surface area contributed by atoms with Gasteiger partial charge in [0.2, 0.25) is 0 Å². The van der Waals surface area contributed by atoms with Crippen LogP contribution in [0.4, 0.5) is 14.6 Å². The molecule has 1 aromatic heterocycles. The molecule has 0 saturated carbocycles. The first-order valence-corrected chi connectivity index (χ1v) is 8.54. The Bertz CT molecular complexity index is 1090. The Morgan fingerprint density at radius 1 is 1.13 bits per heavy atom. The van der Waals surface area contributed by atoms with Crippen molar-refractivity contribution in [3.05, 3.63) is 71.9 Å². The Morgan fingerprint density at radius 3 is 2.53 bits per heavy atom. The first-order chi connectivity index (χ1) is 14.5. The smallest absolute Gasteiger partial charge is 0.387 e. The molecular formula is C20H14F2N4O4. The third-order valence-corrected chi connectivity index (χ3v) is 3.81. The van der Waals surface area contributed by atoms with Crippen LogP contribution < -0.4 is 10.1 Å². The lowest BCUT2D eigenvalue weighted by Gasteiger charge is -2.11. The van der Waals surface area contributed by atoms with Crippen molar-refractivity contribution < 1.29 is 27.8 Å². The molecule has 0 aliphatic carbocycles. The van der Waals surface area contributed by atoms with E-state index in [1.54, 1.807) is 30.3 Å². The zero-order chi connectivity index (χ0) is 21.5. The van der Waals surface area contributed by atoms with Crippen LogP contribution in [0, 0.1) is 11.3 Å². The number of nitriles is 1. The number of esters is 1. The molecule has 10 heteroatoms. The number of hydrogen-bond acceptors (Lipinski definition) is 6. The lowest BCUT2D eigenvalue weighted by molar-refractivity contribution is -0.119. The Labute approximate surface area is 169 Å². The molecule has 0 aliphatic heterocycles. The van der Waals surface area contributed by atoms with Crippen molar-refractivity contribution in [2.75, 3.05) is 11.9 Å². The predicted octanol–water partition coefficient (Wildman–Crippen LogP) is 3.14. The summed E-state index contributed by atoms with van der Waals surface area (Å²) >= 11 is 0. The van der Waals surface area contributed by atoms with Gasteiger partial charge in [-0.1, -0.05) is 30.3 Å². The highest BCUT2D eigenvalue weighted by Crippen LogP contribution is 2.22. The third kappa shape index (κ3) is 4.77. The topological polar surface area (TPSA) is 106 Å². The van der Waals surface area contributed by atoms with E-state index in [0.717, 1.165) is 0 Å². The number of halogens is 2. The Hall–Kier alpha value is -4.26. The quantitative estimate of drug-likeness (QED) is 0.598. The largest absolute Gasteiger partial charge is 0.452 e. The monoisotopic (exact) mass is 412 g/mol. The average molecular weight is 412 g/mol. The van der Waals surface area contributed by atoms with E-state index in [4.69, 9.17) is 4.74 Å². The molecule has 0 atom stereocenters. The first-order valence-electron chi connectivity index (χ1n) is 8.54. The van der Waals surface area contributed by atoms with Crippen LogP contribution in [0.5, 0.6) is 5.75 Å². The highest BCUT2D eigenvalue weighted by molar-refractivity contribution is 5.97. The SMILES string of the molecule is N#Cc1cnn(-c2ccccc2)c1NC(=O)COC(=O)c1ccccc1OC(F)F. The van der Waals surface area contributed by atoms with Gasteiger partial charge in [-0.05, 0) is 24.3 Å². The standard InChI is InChI=1S/C20H14F2N4O4/c21-20(22)30-16-9-5-4-8-15(16)19(28)29-12-17(27)25-18-13(10-23)11-24-26(18)14-6-2-1-3-7-14/h1-9,11,20H,12H2,(H,25,27). The molecule has 0 saturated heterocycles. The van der Waals surface area contributed by atoms with E-state index in [2.05, 4.69) is 15.2 Å². The Morgan fingerprint density at radius 2 is 1.83 bits per heavy atom. The lowest BCUT2D eigenvalue weighted by atomic mass is 10.2. The number of benzene rings is 2. The molecule has 0 fully saturated rings. The average Bonchev–Trinajstić information content (AvgIpc) is 3.15. The van der Waals surface area contributed by atoms with Gasteiger partial charge < -0.3 is 14.8 Å². The van der Waals surface area contributed by atoms with E-state index in [1.165, 1.54) is 35.1 Å². The number of amides is 1. The summed E-state index contributed by atoms with van der Waals surface area (Å²) in [5.41, 5.74) is 0.455. The number of carbonyl (C=O) groups excluding carboxylic acids is 2. The zero-order valence-electron chi connectivity index (χ0n) is 15.3. The van der Waals surface area contributed by atoms with Gasteiger partial charge in [-0.15, -0.1) is 0 Å². The summed E-state index contributed by atoms with van der Waals surface area (Å²) < 4.78 is 35.4. The summed E-state index contributed by atoms with van der Waals surface area (Å²) in [7, 11) is 0. The van der Waals surface area contributed by atoms with Crippen LogP contribution in [0.2, 0.25) is 0 Å². The molecule has 3 rings (SSSR count). The second kappa shape index (κ2) is 9.29. The van der Waals surface area contributed by atoms with E-state index in [0.29, 0.717) is 5.69 Å². The highest BCUT2D eigenvalue weighted by Gasteiger charge is 2.19. The van der Waals surface area contributed by atoms with Crippen LogP contribution in [-0.4, -0.2) is 34.9 Å². The van der Waals surface area contributed by atoms with E-state index in [-0.39, 0.29) is 22.7 Å². The van der Waals surface area contributed by atoms with Gasteiger partial charge >= 0.3 is 12.6 Å². The number of ether oxygens (including phenoxy) is 2. The maximum absolute atomic E-state index is 12.5. The molecule has 0 unspecified atom stereocenters. The van der Waals surface area contributed by atoms with E-state index in [1.807, 2.05) is 6.07 Å². The summed E-state index contributed by atoms with van der Waals surface area (Å²) in [4.78, 5) is 24.4. The fraction of sp³-hybridized carbons (Fsp3) is 0.100. The molecule has 1 N–H and O–H groups in total. The Kier molecular flexibility index (Phi) is 6.34. The summed E-state index contributed by atoms with van der Waals surface area (Å²) in [6, 6.07) is 15.9. The van der Waals surface area contributed by atoms with Gasteiger partial charge in [-0.25, -0.2) is 9.48 Å². The van der Waals surface area contributed by atoms with E-state index in [9.17, 15) is 23.6 Å². The first kappa shape index (κ1) is 20.5. The van der Waals surface area contributed by atoms with Crippen LogP contribution in [0.1, 0.15) is 15.9 Å². The molecule has 3 aromatic rings. The Balaban J connectivity index is 1.70. The number of carbonyl (C=O) groups is 2. The van der Waals surface area contributed by atoms with Gasteiger partial charge in [0.15, 0.2) is 12.4 Å². The van der Waals surface area contributed by atoms with Gasteiger partial charge in [0.05, 0.1) is 11.9 Å². The van der Waals surface area contributed by atoms with Crippen LogP contribution in [0.3, 0.4) is 0 Å². The van der Waals surface area contributed by atoms with Crippen LogP contribution >= 0.6 is 0 Å². The molecule has 1 amide bonds. The number of hydrogen-bond donors (Lipinski definition) is 1. The molecule has 0 radical (unpaired) electrons. The zero-order valence-corrected chi connectivity index (χ0v) is 15.3. The predicted molar refractivity (Wildman–Crippen MR) is 100 cm³/mol. The minimum Gasteiger partial charge on any atom is -0.452 e. The van der Waals surface area contributed by atoms with Crippen LogP contribution in [0.25, 0.3) is 5.69 Å². The van der Waals surface area contributed by atoms with Crippen molar-refractivity contribution >= 4 is 17.7 Å². The van der Waals surface area contributed by atoms with Crippen LogP contribution in [-0.2, 0) is 9.53 Å². The fourth-order valence-electron chi connectivity index (χ4n) is 2.53. The van der Waals surface area contributed by atoms with Crippen molar-refractivity contribution in [3.63, 3.8) is 0 Å². The number of nitrogens with zero attached hydrogens (tertiary/aromatic N) is 3. The summed E-state index contributed by atoms with van der Waals surface area (Å²) in [5.74, 6) is -2.03. The van der Waals surface area contributed by atoms with Crippen molar-refractivity contribution in [3.8, 4) is 17.5 Å². The van der Waals surface area contributed by atoms with E-state index >= 15 is 0 Å². The third-order valence-electron chi connectivity index (χ3n) is 3.81.